The number of nitrogens with zero attached hydrogens (tertiary/aromatic N) is 2. The quantitative estimate of drug-likeness (QED) is 0.691. The zero-order valence-electron chi connectivity index (χ0n) is 12.7. The van der Waals surface area contributed by atoms with Gasteiger partial charge in [-0.3, -0.25) is 10.1 Å². The molecule has 0 saturated carbocycles. The summed E-state index contributed by atoms with van der Waals surface area (Å²) in [6.07, 6.45) is 0. The van der Waals surface area contributed by atoms with Gasteiger partial charge in [-0.2, -0.15) is 4.99 Å². The monoisotopic (exact) mass is 341 g/mol. The Hall–Kier alpha value is -2.31. The second kappa shape index (κ2) is 6.44. The number of carbonyl (C=O) groups excluding carboxylic acids is 1. The molecule has 1 amide bonds. The average Bonchev–Trinajstić information content (AvgIpc) is 2.84. The van der Waals surface area contributed by atoms with Gasteiger partial charge in [-0.15, -0.1) is 0 Å². The van der Waals surface area contributed by atoms with Crippen LogP contribution in [0.3, 0.4) is 0 Å². The van der Waals surface area contributed by atoms with Crippen molar-refractivity contribution < 1.29 is 4.79 Å². The first-order chi connectivity index (χ1) is 11.0. The first-order valence-corrected chi connectivity index (χ1v) is 8.28. The number of aryl methyl sites for hydroxylation is 2. The molecule has 1 N–H and O–H groups in total. The number of thiocarbonyl (C=S) groups is 1. The van der Waals surface area contributed by atoms with Crippen molar-refractivity contribution in [2.75, 3.05) is 0 Å². The van der Waals surface area contributed by atoms with E-state index in [4.69, 9.17) is 12.2 Å². The summed E-state index contributed by atoms with van der Waals surface area (Å²) in [6.45, 7) is 1.98. The second-order valence-corrected chi connectivity index (χ2v) is 6.54. The molecule has 0 unspecified atom stereocenters. The number of benzene rings is 2. The summed E-state index contributed by atoms with van der Waals surface area (Å²) in [7, 11) is 1.93. The van der Waals surface area contributed by atoms with E-state index in [0.717, 1.165) is 20.6 Å². The molecule has 2 aromatic carbocycles. The standard InChI is InChI=1S/C17H15N3OS2/c1-11-7-9-12(10-8-11)15(21)18-16(22)19-17-20(2)13-5-3-4-6-14(13)23-17/h3-10H,1-2H3,(H,18,21,22)/b19-17+. The number of amides is 1. The molecule has 3 rings (SSSR count). The lowest BCUT2D eigenvalue weighted by molar-refractivity contribution is 0.0977. The Bertz CT molecular complexity index is 952. The minimum atomic E-state index is -0.248. The Morgan fingerprint density at radius 1 is 1.17 bits per heavy atom. The fourth-order valence-electron chi connectivity index (χ4n) is 2.18. The van der Waals surface area contributed by atoms with Crippen LogP contribution >= 0.6 is 23.6 Å². The van der Waals surface area contributed by atoms with Crippen molar-refractivity contribution in [1.82, 2.24) is 9.88 Å². The van der Waals surface area contributed by atoms with Crippen LogP contribution in [0.4, 0.5) is 0 Å². The van der Waals surface area contributed by atoms with E-state index in [1.54, 1.807) is 12.1 Å². The smallest absolute Gasteiger partial charge is 0.257 e. The summed E-state index contributed by atoms with van der Waals surface area (Å²) in [4.78, 5) is 17.3. The van der Waals surface area contributed by atoms with Gasteiger partial charge in [0.15, 0.2) is 4.80 Å². The fraction of sp³-hybridized carbons (Fsp3) is 0.118. The summed E-state index contributed by atoms with van der Waals surface area (Å²) in [6, 6.07) is 15.4. The Morgan fingerprint density at radius 3 is 2.57 bits per heavy atom. The van der Waals surface area contributed by atoms with Crippen LogP contribution in [0.5, 0.6) is 0 Å². The summed E-state index contributed by atoms with van der Waals surface area (Å²) in [5.74, 6) is -0.248. The molecule has 3 aromatic rings. The minimum absolute atomic E-state index is 0.165. The third kappa shape index (κ3) is 3.38. The van der Waals surface area contributed by atoms with E-state index in [9.17, 15) is 4.79 Å². The number of carbonyl (C=O) groups is 1. The molecule has 0 saturated heterocycles. The van der Waals surface area contributed by atoms with Crippen molar-refractivity contribution in [2.45, 2.75) is 6.92 Å². The summed E-state index contributed by atoms with van der Waals surface area (Å²) >= 11 is 6.73. The summed E-state index contributed by atoms with van der Waals surface area (Å²) < 4.78 is 3.09. The van der Waals surface area contributed by atoms with Crippen molar-refractivity contribution in [1.29, 1.82) is 0 Å². The van der Waals surface area contributed by atoms with Gasteiger partial charge in [0.2, 0.25) is 5.11 Å². The molecule has 116 valence electrons. The molecular formula is C17H15N3OS2. The number of nitrogens with one attached hydrogen (secondary N) is 1. The summed E-state index contributed by atoms with van der Waals surface area (Å²) in [5, 5.41) is 2.82. The molecule has 1 aromatic heterocycles. The van der Waals surface area contributed by atoms with Crippen LogP contribution in [-0.4, -0.2) is 15.6 Å². The largest absolute Gasteiger partial charge is 0.319 e. The second-order valence-electron chi connectivity index (χ2n) is 5.15. The molecule has 23 heavy (non-hydrogen) atoms. The van der Waals surface area contributed by atoms with Crippen molar-refractivity contribution in [3.05, 3.63) is 64.5 Å². The van der Waals surface area contributed by atoms with E-state index in [-0.39, 0.29) is 11.0 Å². The number of hydrogen-bond acceptors (Lipinski definition) is 3. The van der Waals surface area contributed by atoms with Crippen molar-refractivity contribution in [3.63, 3.8) is 0 Å². The third-order valence-corrected chi connectivity index (χ3v) is 4.75. The normalized spacial score (nSPS) is 11.7. The maximum absolute atomic E-state index is 12.2. The van der Waals surface area contributed by atoms with E-state index in [0.29, 0.717) is 5.56 Å². The zero-order chi connectivity index (χ0) is 16.4. The summed E-state index contributed by atoms with van der Waals surface area (Å²) in [5.41, 5.74) is 2.75. The van der Waals surface area contributed by atoms with Crippen molar-refractivity contribution >= 4 is 44.8 Å². The highest BCUT2D eigenvalue weighted by molar-refractivity contribution is 7.80. The van der Waals surface area contributed by atoms with E-state index in [1.807, 2.05) is 54.9 Å². The molecule has 0 aliphatic rings. The molecule has 0 fully saturated rings. The van der Waals surface area contributed by atoms with Gasteiger partial charge in [0.05, 0.1) is 10.2 Å². The van der Waals surface area contributed by atoms with Gasteiger partial charge in [0.1, 0.15) is 0 Å². The number of aromatic nitrogens is 1. The maximum atomic E-state index is 12.2. The number of fused-ring (bicyclic) bond motifs is 1. The lowest BCUT2D eigenvalue weighted by Crippen LogP contribution is -2.29. The van der Waals surface area contributed by atoms with Gasteiger partial charge in [-0.05, 0) is 43.4 Å². The first kappa shape index (κ1) is 15.6. The number of thiazole rings is 1. The molecule has 0 atom stereocenters. The molecule has 4 nitrogen and oxygen atoms in total. The van der Waals surface area contributed by atoms with Gasteiger partial charge in [0, 0.05) is 12.6 Å². The number of para-hydroxylation sites is 1. The average molecular weight is 341 g/mol. The van der Waals surface area contributed by atoms with Crippen molar-refractivity contribution in [2.24, 2.45) is 12.0 Å². The van der Waals surface area contributed by atoms with Gasteiger partial charge in [0.25, 0.3) is 5.91 Å². The Kier molecular flexibility index (Phi) is 4.36. The van der Waals surface area contributed by atoms with Gasteiger partial charge in [-0.25, -0.2) is 0 Å². The molecule has 1 heterocycles. The van der Waals surface area contributed by atoms with Crippen LogP contribution in [0.1, 0.15) is 15.9 Å². The molecule has 0 aliphatic heterocycles. The Morgan fingerprint density at radius 2 is 1.87 bits per heavy atom. The van der Waals surface area contributed by atoms with Crippen LogP contribution in [0, 0.1) is 6.92 Å². The molecule has 0 bridgehead atoms. The highest BCUT2D eigenvalue weighted by Crippen LogP contribution is 2.15. The third-order valence-electron chi connectivity index (χ3n) is 3.45. The van der Waals surface area contributed by atoms with Gasteiger partial charge < -0.3 is 4.57 Å². The van der Waals surface area contributed by atoms with Gasteiger partial charge >= 0.3 is 0 Å². The van der Waals surface area contributed by atoms with E-state index >= 15 is 0 Å². The van der Waals surface area contributed by atoms with Crippen LogP contribution in [0.2, 0.25) is 0 Å². The lowest BCUT2D eigenvalue weighted by Gasteiger charge is -2.03. The molecule has 6 heteroatoms. The molecule has 0 radical (unpaired) electrons. The Balaban J connectivity index is 1.84. The predicted molar refractivity (Wildman–Crippen MR) is 97.6 cm³/mol. The zero-order valence-corrected chi connectivity index (χ0v) is 14.4. The topological polar surface area (TPSA) is 46.4 Å². The van der Waals surface area contributed by atoms with Crippen molar-refractivity contribution in [3.8, 4) is 0 Å². The minimum Gasteiger partial charge on any atom is -0.319 e. The first-order valence-electron chi connectivity index (χ1n) is 7.06. The van der Waals surface area contributed by atoms with Crippen LogP contribution in [-0.2, 0) is 7.05 Å². The number of hydrogen-bond donors (Lipinski definition) is 1. The van der Waals surface area contributed by atoms with Gasteiger partial charge in [-0.1, -0.05) is 41.2 Å². The number of rotatable bonds is 1. The highest BCUT2D eigenvalue weighted by Gasteiger charge is 2.08. The maximum Gasteiger partial charge on any atom is 0.257 e. The van der Waals surface area contributed by atoms with Crippen LogP contribution in [0.15, 0.2) is 53.5 Å². The van der Waals surface area contributed by atoms with E-state index in [2.05, 4.69) is 10.3 Å². The van der Waals surface area contributed by atoms with Crippen LogP contribution < -0.4 is 10.1 Å². The fourth-order valence-corrected chi connectivity index (χ4v) is 3.44. The van der Waals surface area contributed by atoms with E-state index in [1.165, 1.54) is 11.3 Å². The predicted octanol–water partition coefficient (Wildman–Crippen LogP) is 3.16. The Labute approximate surface area is 143 Å². The lowest BCUT2D eigenvalue weighted by atomic mass is 10.1. The highest BCUT2D eigenvalue weighted by atomic mass is 32.1. The molecule has 0 aliphatic carbocycles. The SMILES string of the molecule is Cc1ccc(C(=O)NC(=S)/N=c2/sc3ccccc3n2C)cc1. The van der Waals surface area contributed by atoms with E-state index < -0.39 is 0 Å². The van der Waals surface area contributed by atoms with Crippen LogP contribution in [0.25, 0.3) is 10.2 Å². The molecular weight excluding hydrogens is 326 g/mol. The molecule has 0 spiro atoms.